The summed E-state index contributed by atoms with van der Waals surface area (Å²) in [5, 5.41) is 0. The van der Waals surface area contributed by atoms with Gasteiger partial charge in [0.25, 0.3) is 0 Å². The Morgan fingerprint density at radius 1 is 0.759 bits per heavy atom. The third kappa shape index (κ3) is 4.83. The van der Waals surface area contributed by atoms with Gasteiger partial charge in [-0.15, -0.1) is 0 Å². The van der Waals surface area contributed by atoms with Crippen molar-refractivity contribution >= 4 is 5.97 Å². The second-order valence-corrected chi connectivity index (χ2v) is 7.16. The molecule has 0 spiro atoms. The molecule has 0 aliphatic carbocycles. The molecule has 0 aliphatic rings. The van der Waals surface area contributed by atoms with Crippen LogP contribution < -0.4 is 4.74 Å². The normalized spacial score (nSPS) is 10.6. The number of carbonyl (C=O) groups excluding carboxylic acids is 1. The topological polar surface area (TPSA) is 26.3 Å². The van der Waals surface area contributed by atoms with Crippen molar-refractivity contribution in [2.45, 2.75) is 40.0 Å². The fraction of sp³-hybridized carbons (Fsp3) is 0.222. The summed E-state index contributed by atoms with van der Waals surface area (Å²) in [6, 6.07) is 22.9. The molecule has 2 heteroatoms. The van der Waals surface area contributed by atoms with Crippen LogP contribution in [-0.4, -0.2) is 5.97 Å². The molecule has 3 rings (SSSR count). The van der Waals surface area contributed by atoms with Crippen molar-refractivity contribution in [3.05, 3.63) is 90.0 Å². The maximum Gasteiger partial charge on any atom is 0.338 e. The van der Waals surface area contributed by atoms with Gasteiger partial charge in [0.05, 0.1) is 0 Å². The van der Waals surface area contributed by atoms with Crippen molar-refractivity contribution in [3.8, 4) is 28.0 Å². The molecule has 0 N–H and O–H groups in total. The van der Waals surface area contributed by atoms with Crippen LogP contribution in [0.1, 0.15) is 38.3 Å². The molecule has 0 bridgehead atoms. The zero-order chi connectivity index (χ0) is 20.8. The molecular formula is C27H28O2. The zero-order valence-electron chi connectivity index (χ0n) is 17.5. The highest BCUT2D eigenvalue weighted by Gasteiger charge is 2.14. The predicted molar refractivity (Wildman–Crippen MR) is 121 cm³/mol. The van der Waals surface area contributed by atoms with Crippen molar-refractivity contribution in [3.63, 3.8) is 0 Å². The first-order valence-electron chi connectivity index (χ1n) is 10.3. The molecule has 148 valence electrons. The van der Waals surface area contributed by atoms with Gasteiger partial charge in [0.1, 0.15) is 5.75 Å². The number of carbonyl (C=O) groups is 1. The third-order valence-electron chi connectivity index (χ3n) is 5.27. The molecule has 0 heterocycles. The second-order valence-electron chi connectivity index (χ2n) is 7.16. The summed E-state index contributed by atoms with van der Waals surface area (Å²) in [5.74, 6) is 0.184. The molecule has 0 aliphatic heterocycles. The van der Waals surface area contributed by atoms with Gasteiger partial charge < -0.3 is 4.74 Å². The second kappa shape index (κ2) is 9.38. The standard InChI is InChI=1S/C27H28O2/c1-5-19(4)27(28)29-26-18-24(22-12-8-20(6-2)9-13-22)16-17-25(26)23-14-10-21(7-3)11-15-23/h8-18H,4-7H2,1-3H3. The van der Waals surface area contributed by atoms with Gasteiger partial charge in [0, 0.05) is 11.1 Å². The van der Waals surface area contributed by atoms with E-state index in [4.69, 9.17) is 4.74 Å². The van der Waals surface area contributed by atoms with Crippen molar-refractivity contribution < 1.29 is 9.53 Å². The smallest absolute Gasteiger partial charge is 0.338 e. The lowest BCUT2D eigenvalue weighted by atomic mass is 9.97. The lowest BCUT2D eigenvalue weighted by molar-refractivity contribution is -0.130. The minimum absolute atomic E-state index is 0.377. The number of ether oxygens (including phenoxy) is 1. The van der Waals surface area contributed by atoms with E-state index in [-0.39, 0.29) is 5.97 Å². The number of hydrogen-bond acceptors (Lipinski definition) is 2. The Morgan fingerprint density at radius 2 is 1.28 bits per heavy atom. The van der Waals surface area contributed by atoms with Crippen molar-refractivity contribution in [2.75, 3.05) is 0 Å². The maximum atomic E-state index is 12.4. The number of rotatable bonds is 7. The monoisotopic (exact) mass is 384 g/mol. The van der Waals surface area contributed by atoms with E-state index in [2.05, 4.69) is 75.0 Å². The van der Waals surface area contributed by atoms with Crippen LogP contribution >= 0.6 is 0 Å². The Morgan fingerprint density at radius 3 is 1.79 bits per heavy atom. The molecule has 0 amide bonds. The quantitative estimate of drug-likeness (QED) is 0.249. The van der Waals surface area contributed by atoms with Crippen LogP contribution in [0.5, 0.6) is 5.75 Å². The summed E-state index contributed by atoms with van der Waals surface area (Å²) in [4.78, 5) is 12.4. The molecular weight excluding hydrogens is 356 g/mol. The maximum absolute atomic E-state index is 12.4. The van der Waals surface area contributed by atoms with Crippen molar-refractivity contribution in [1.29, 1.82) is 0 Å². The van der Waals surface area contributed by atoms with Crippen LogP contribution in [0, 0.1) is 0 Å². The highest BCUT2D eigenvalue weighted by molar-refractivity contribution is 5.91. The van der Waals surface area contributed by atoms with Gasteiger partial charge in [-0.3, -0.25) is 0 Å². The van der Waals surface area contributed by atoms with E-state index in [0.29, 0.717) is 17.7 Å². The molecule has 0 atom stereocenters. The summed E-state index contributed by atoms with van der Waals surface area (Å²) >= 11 is 0. The lowest BCUT2D eigenvalue weighted by Crippen LogP contribution is -2.10. The Kier molecular flexibility index (Phi) is 6.66. The molecule has 0 unspecified atom stereocenters. The number of hydrogen-bond donors (Lipinski definition) is 0. The van der Waals surface area contributed by atoms with E-state index in [9.17, 15) is 4.79 Å². The summed E-state index contributed by atoms with van der Waals surface area (Å²) in [7, 11) is 0. The van der Waals surface area contributed by atoms with Gasteiger partial charge in [-0.05, 0) is 53.1 Å². The van der Waals surface area contributed by atoms with Gasteiger partial charge in [0.2, 0.25) is 0 Å². The Hall–Kier alpha value is -3.13. The Bertz CT molecular complexity index is 996. The molecule has 0 aromatic heterocycles. The van der Waals surface area contributed by atoms with Gasteiger partial charge >= 0.3 is 5.97 Å². The summed E-state index contributed by atoms with van der Waals surface area (Å²) < 4.78 is 5.78. The zero-order valence-corrected chi connectivity index (χ0v) is 17.5. The molecule has 3 aromatic rings. The van der Waals surface area contributed by atoms with E-state index in [0.717, 1.165) is 35.1 Å². The first-order valence-corrected chi connectivity index (χ1v) is 10.3. The van der Waals surface area contributed by atoms with Crippen LogP contribution in [-0.2, 0) is 17.6 Å². The van der Waals surface area contributed by atoms with Crippen LogP contribution in [0.2, 0.25) is 0 Å². The number of benzene rings is 3. The largest absolute Gasteiger partial charge is 0.422 e. The van der Waals surface area contributed by atoms with Crippen molar-refractivity contribution in [1.82, 2.24) is 0 Å². The minimum atomic E-state index is -0.377. The van der Waals surface area contributed by atoms with E-state index in [1.807, 2.05) is 19.1 Å². The van der Waals surface area contributed by atoms with Crippen LogP contribution in [0.15, 0.2) is 78.9 Å². The first kappa shape index (κ1) is 20.6. The first-order chi connectivity index (χ1) is 14.0. The fourth-order valence-corrected chi connectivity index (χ4v) is 3.19. The van der Waals surface area contributed by atoms with Crippen molar-refractivity contribution in [2.24, 2.45) is 0 Å². The van der Waals surface area contributed by atoms with E-state index >= 15 is 0 Å². The highest BCUT2D eigenvalue weighted by atomic mass is 16.5. The number of aryl methyl sites for hydroxylation is 2. The van der Waals surface area contributed by atoms with E-state index in [1.165, 1.54) is 11.1 Å². The lowest BCUT2D eigenvalue weighted by Gasteiger charge is -2.14. The molecule has 3 aromatic carbocycles. The highest BCUT2D eigenvalue weighted by Crippen LogP contribution is 2.35. The average Bonchev–Trinajstić information content (AvgIpc) is 2.78. The van der Waals surface area contributed by atoms with Gasteiger partial charge in [-0.2, -0.15) is 0 Å². The minimum Gasteiger partial charge on any atom is -0.422 e. The number of esters is 1. The van der Waals surface area contributed by atoms with Crippen LogP contribution in [0.3, 0.4) is 0 Å². The molecule has 2 nitrogen and oxygen atoms in total. The van der Waals surface area contributed by atoms with Gasteiger partial charge in [0.15, 0.2) is 0 Å². The SMILES string of the molecule is C=C(CC)C(=O)Oc1cc(-c2ccc(CC)cc2)ccc1-c1ccc(CC)cc1. The Balaban J connectivity index is 2.04. The molecule has 0 saturated heterocycles. The molecule has 0 saturated carbocycles. The fourth-order valence-electron chi connectivity index (χ4n) is 3.19. The molecule has 0 radical (unpaired) electrons. The predicted octanol–water partition coefficient (Wildman–Crippen LogP) is 7.02. The third-order valence-corrected chi connectivity index (χ3v) is 5.27. The van der Waals surface area contributed by atoms with Gasteiger partial charge in [-0.1, -0.05) is 88.0 Å². The van der Waals surface area contributed by atoms with Crippen LogP contribution in [0.4, 0.5) is 0 Å². The summed E-state index contributed by atoms with van der Waals surface area (Å²) in [6.07, 6.45) is 2.57. The van der Waals surface area contributed by atoms with E-state index in [1.54, 1.807) is 0 Å². The Labute approximate surface area is 173 Å². The molecule has 0 fully saturated rings. The molecule has 29 heavy (non-hydrogen) atoms. The van der Waals surface area contributed by atoms with Gasteiger partial charge in [-0.25, -0.2) is 4.79 Å². The van der Waals surface area contributed by atoms with Crippen LogP contribution in [0.25, 0.3) is 22.3 Å². The summed E-state index contributed by atoms with van der Waals surface area (Å²) in [5.41, 5.74) is 7.09. The van der Waals surface area contributed by atoms with E-state index < -0.39 is 0 Å². The average molecular weight is 385 g/mol. The summed E-state index contributed by atoms with van der Waals surface area (Å²) in [6.45, 7) is 10.0.